The molecular formula is C41H71NO4. The number of ether oxygens (including phenoxy) is 2. The van der Waals surface area contributed by atoms with Crippen LogP contribution in [0.3, 0.4) is 0 Å². The fraction of sp³-hybridized carbons (Fsp3) is 0.805. The van der Waals surface area contributed by atoms with Crippen molar-refractivity contribution in [2.45, 2.75) is 187 Å². The van der Waals surface area contributed by atoms with E-state index in [1.165, 1.54) is 153 Å². The van der Waals surface area contributed by atoms with Gasteiger partial charge in [0.1, 0.15) is 0 Å². The minimum atomic E-state index is -0.290. The number of nitrogens with zero attached hydrogens (tertiary/aromatic N) is 1. The van der Waals surface area contributed by atoms with E-state index < -0.39 is 0 Å². The van der Waals surface area contributed by atoms with Gasteiger partial charge in [-0.3, -0.25) is 14.5 Å². The van der Waals surface area contributed by atoms with Gasteiger partial charge >= 0.3 is 0 Å². The Bertz CT molecular complexity index is 852. The van der Waals surface area contributed by atoms with Gasteiger partial charge in [0.15, 0.2) is 0 Å². The highest BCUT2D eigenvalue weighted by Gasteiger charge is 2.36. The summed E-state index contributed by atoms with van der Waals surface area (Å²) >= 11 is 0. The SMILES string of the molecule is CCCCCCCCCCCCCCCCCCOCC(CN1C(=O)c2ccccc2C1=O)OCCCCCCCCCCCC. The van der Waals surface area contributed by atoms with E-state index in [2.05, 4.69) is 13.8 Å². The quantitative estimate of drug-likeness (QED) is 0.0566. The lowest BCUT2D eigenvalue weighted by Gasteiger charge is -2.23. The standard InChI is InChI=1S/C41H71NO4/c1-3-5-7-9-11-13-15-16-17-18-19-20-21-23-25-29-33-45-36-37(46-34-30-26-24-22-14-12-10-8-6-4-2)35-42-40(43)38-31-27-28-32-39(38)41(42)44/h27-28,31-32,37H,3-26,29-30,33-36H2,1-2H3. The second-order valence-corrected chi connectivity index (χ2v) is 13.8. The van der Waals surface area contributed by atoms with Crippen LogP contribution in [0.5, 0.6) is 0 Å². The van der Waals surface area contributed by atoms with Gasteiger partial charge in [0.2, 0.25) is 0 Å². The van der Waals surface area contributed by atoms with Gasteiger partial charge in [0.25, 0.3) is 11.8 Å². The summed E-state index contributed by atoms with van der Waals surface area (Å²) in [5.41, 5.74) is 0.991. The minimum Gasteiger partial charge on any atom is -0.379 e. The van der Waals surface area contributed by atoms with Gasteiger partial charge in [0.05, 0.1) is 30.4 Å². The van der Waals surface area contributed by atoms with Gasteiger partial charge in [-0.05, 0) is 25.0 Å². The summed E-state index contributed by atoms with van der Waals surface area (Å²) in [7, 11) is 0. The molecule has 1 unspecified atom stereocenters. The summed E-state index contributed by atoms with van der Waals surface area (Å²) < 4.78 is 12.3. The first-order chi connectivity index (χ1) is 22.7. The maximum absolute atomic E-state index is 13.0. The number of rotatable bonds is 33. The van der Waals surface area contributed by atoms with Crippen molar-refractivity contribution in [3.63, 3.8) is 0 Å². The Morgan fingerprint density at radius 3 is 1.24 bits per heavy atom. The summed E-state index contributed by atoms with van der Waals surface area (Å²) in [5, 5.41) is 0. The third-order valence-electron chi connectivity index (χ3n) is 9.56. The zero-order valence-electron chi connectivity index (χ0n) is 30.2. The van der Waals surface area contributed by atoms with Gasteiger partial charge in [-0.25, -0.2) is 0 Å². The molecule has 1 aromatic rings. The molecule has 1 heterocycles. The molecule has 1 atom stereocenters. The van der Waals surface area contributed by atoms with E-state index in [-0.39, 0.29) is 24.5 Å². The second kappa shape index (κ2) is 28.3. The maximum atomic E-state index is 13.0. The first kappa shape index (κ1) is 40.5. The van der Waals surface area contributed by atoms with Crippen LogP contribution in [0.2, 0.25) is 0 Å². The molecule has 0 N–H and O–H groups in total. The smallest absolute Gasteiger partial charge is 0.261 e. The normalized spacial score (nSPS) is 13.6. The van der Waals surface area contributed by atoms with Crippen LogP contribution >= 0.6 is 0 Å². The van der Waals surface area contributed by atoms with Crippen molar-refractivity contribution < 1.29 is 19.1 Å². The summed E-state index contributed by atoms with van der Waals surface area (Å²) in [5.74, 6) is -0.433. The molecule has 0 saturated heterocycles. The van der Waals surface area contributed by atoms with Gasteiger partial charge < -0.3 is 9.47 Å². The third kappa shape index (κ3) is 18.6. The van der Waals surface area contributed by atoms with Crippen molar-refractivity contribution in [3.05, 3.63) is 35.4 Å². The fourth-order valence-electron chi connectivity index (χ4n) is 6.57. The molecule has 1 aromatic carbocycles. The van der Waals surface area contributed by atoms with Crippen LogP contribution in [0.1, 0.15) is 202 Å². The molecule has 0 saturated carbocycles. The number of benzene rings is 1. The van der Waals surface area contributed by atoms with Crippen LogP contribution < -0.4 is 0 Å². The average molecular weight is 642 g/mol. The van der Waals surface area contributed by atoms with Crippen LogP contribution in [0.4, 0.5) is 0 Å². The Morgan fingerprint density at radius 2 is 0.848 bits per heavy atom. The molecular weight excluding hydrogens is 570 g/mol. The molecule has 5 nitrogen and oxygen atoms in total. The third-order valence-corrected chi connectivity index (χ3v) is 9.56. The minimum absolute atomic E-state index is 0.217. The second-order valence-electron chi connectivity index (χ2n) is 13.8. The molecule has 5 heteroatoms. The van der Waals surface area contributed by atoms with Crippen LogP contribution in [-0.4, -0.2) is 49.2 Å². The Hall–Kier alpha value is -1.72. The molecule has 0 radical (unpaired) electrons. The van der Waals surface area contributed by atoms with E-state index in [0.717, 1.165) is 19.3 Å². The topological polar surface area (TPSA) is 55.8 Å². The number of hydrogen-bond acceptors (Lipinski definition) is 4. The van der Waals surface area contributed by atoms with E-state index in [1.807, 2.05) is 12.1 Å². The largest absolute Gasteiger partial charge is 0.379 e. The molecule has 0 bridgehead atoms. The maximum Gasteiger partial charge on any atom is 0.261 e. The zero-order chi connectivity index (χ0) is 32.9. The number of carbonyl (C=O) groups is 2. The van der Waals surface area contributed by atoms with Crippen molar-refractivity contribution in [1.82, 2.24) is 4.90 Å². The summed E-state index contributed by atoms with van der Waals surface area (Å²) in [4.78, 5) is 27.3. The Balaban J connectivity index is 1.55. The molecule has 0 aliphatic carbocycles. The fourth-order valence-corrected chi connectivity index (χ4v) is 6.57. The first-order valence-corrected chi connectivity index (χ1v) is 19.8. The number of fused-ring (bicyclic) bond motifs is 1. The number of unbranched alkanes of at least 4 members (excludes halogenated alkanes) is 24. The van der Waals surface area contributed by atoms with Crippen LogP contribution in [0.15, 0.2) is 24.3 Å². The highest BCUT2D eigenvalue weighted by Crippen LogP contribution is 2.23. The summed E-state index contributed by atoms with van der Waals surface area (Å²) in [6.07, 6.45) is 34.2. The van der Waals surface area contributed by atoms with Gasteiger partial charge in [0, 0.05) is 13.2 Å². The van der Waals surface area contributed by atoms with Gasteiger partial charge in [-0.15, -0.1) is 0 Å². The molecule has 2 amide bonds. The Morgan fingerprint density at radius 1 is 0.500 bits per heavy atom. The number of amides is 2. The summed E-state index contributed by atoms with van der Waals surface area (Å²) in [6, 6.07) is 7.10. The molecule has 0 fully saturated rings. The van der Waals surface area contributed by atoms with Crippen molar-refractivity contribution in [1.29, 1.82) is 0 Å². The Labute approximate surface area is 284 Å². The first-order valence-electron chi connectivity index (χ1n) is 19.8. The number of hydrogen-bond donors (Lipinski definition) is 0. The highest BCUT2D eigenvalue weighted by atomic mass is 16.5. The molecule has 264 valence electrons. The summed E-state index contributed by atoms with van der Waals surface area (Å²) in [6.45, 7) is 6.58. The van der Waals surface area contributed by atoms with E-state index in [9.17, 15) is 9.59 Å². The van der Waals surface area contributed by atoms with E-state index in [1.54, 1.807) is 12.1 Å². The van der Waals surface area contributed by atoms with Crippen LogP contribution in [-0.2, 0) is 9.47 Å². The Kier molecular flexibility index (Phi) is 24.9. The van der Waals surface area contributed by atoms with Gasteiger partial charge in [-0.2, -0.15) is 0 Å². The highest BCUT2D eigenvalue weighted by molar-refractivity contribution is 6.21. The lowest BCUT2D eigenvalue weighted by molar-refractivity contribution is -0.0286. The molecule has 0 spiro atoms. The van der Waals surface area contributed by atoms with E-state index in [4.69, 9.17) is 9.47 Å². The predicted octanol–water partition coefficient (Wildman–Crippen LogP) is 11.9. The van der Waals surface area contributed by atoms with E-state index in [0.29, 0.717) is 30.9 Å². The predicted molar refractivity (Wildman–Crippen MR) is 194 cm³/mol. The van der Waals surface area contributed by atoms with Crippen molar-refractivity contribution >= 4 is 11.8 Å². The lowest BCUT2D eigenvalue weighted by atomic mass is 10.0. The van der Waals surface area contributed by atoms with Crippen LogP contribution in [0, 0.1) is 0 Å². The van der Waals surface area contributed by atoms with Gasteiger partial charge in [-0.1, -0.05) is 180 Å². The van der Waals surface area contributed by atoms with Crippen LogP contribution in [0.25, 0.3) is 0 Å². The lowest BCUT2D eigenvalue weighted by Crippen LogP contribution is -2.40. The number of imide groups is 1. The molecule has 1 aliphatic rings. The van der Waals surface area contributed by atoms with Crippen molar-refractivity contribution in [3.8, 4) is 0 Å². The molecule has 0 aromatic heterocycles. The van der Waals surface area contributed by atoms with Crippen molar-refractivity contribution in [2.24, 2.45) is 0 Å². The molecule has 46 heavy (non-hydrogen) atoms. The number of carbonyl (C=O) groups excluding carboxylic acids is 2. The zero-order valence-corrected chi connectivity index (χ0v) is 30.2. The average Bonchev–Trinajstić information content (AvgIpc) is 3.31. The van der Waals surface area contributed by atoms with Crippen molar-refractivity contribution in [2.75, 3.05) is 26.4 Å². The van der Waals surface area contributed by atoms with E-state index >= 15 is 0 Å². The monoisotopic (exact) mass is 642 g/mol. The molecule has 1 aliphatic heterocycles. The molecule has 2 rings (SSSR count).